The molecule has 0 saturated heterocycles. The van der Waals surface area contributed by atoms with Gasteiger partial charge in [0.25, 0.3) is 0 Å². The van der Waals surface area contributed by atoms with Crippen LogP contribution in [0.1, 0.15) is 11.1 Å². The Bertz CT molecular complexity index is 738. The number of guanidine groups is 1. The van der Waals surface area contributed by atoms with Gasteiger partial charge in [-0.2, -0.15) is 0 Å². The maximum Gasteiger partial charge on any atom is 0.211 e. The summed E-state index contributed by atoms with van der Waals surface area (Å²) in [5.41, 5.74) is 12.9. The van der Waals surface area contributed by atoms with E-state index in [-0.39, 0.29) is 5.96 Å². The molecule has 0 bridgehead atoms. The van der Waals surface area contributed by atoms with Crippen molar-refractivity contribution in [1.29, 1.82) is 0 Å². The molecule has 120 valence electrons. The SMILES string of the molecule is COc1ccc(/C(=N\N=C(N)N)c2ccc(Cl)cc2)cc1OC. The summed E-state index contributed by atoms with van der Waals surface area (Å²) in [7, 11) is 3.14. The highest BCUT2D eigenvalue weighted by Crippen LogP contribution is 2.29. The summed E-state index contributed by atoms with van der Waals surface area (Å²) in [6.07, 6.45) is 0. The van der Waals surface area contributed by atoms with E-state index in [2.05, 4.69) is 10.2 Å². The van der Waals surface area contributed by atoms with Gasteiger partial charge in [-0.1, -0.05) is 23.7 Å². The molecule has 0 aromatic heterocycles. The lowest BCUT2D eigenvalue weighted by Gasteiger charge is -2.11. The van der Waals surface area contributed by atoms with Crippen molar-refractivity contribution < 1.29 is 9.47 Å². The summed E-state index contributed by atoms with van der Waals surface area (Å²) < 4.78 is 10.6. The molecule has 0 spiro atoms. The van der Waals surface area contributed by atoms with Gasteiger partial charge in [0.1, 0.15) is 5.71 Å². The van der Waals surface area contributed by atoms with E-state index in [1.54, 1.807) is 38.5 Å². The van der Waals surface area contributed by atoms with Crippen molar-refractivity contribution in [3.8, 4) is 11.5 Å². The average molecular weight is 333 g/mol. The molecule has 23 heavy (non-hydrogen) atoms. The zero-order chi connectivity index (χ0) is 16.8. The molecule has 2 rings (SSSR count). The molecule has 0 atom stereocenters. The van der Waals surface area contributed by atoms with Crippen LogP contribution < -0.4 is 20.9 Å². The summed E-state index contributed by atoms with van der Waals surface area (Å²) in [5.74, 6) is 1.07. The minimum absolute atomic E-state index is 0.128. The lowest BCUT2D eigenvalue weighted by Crippen LogP contribution is -2.22. The quantitative estimate of drug-likeness (QED) is 0.499. The van der Waals surface area contributed by atoms with Crippen molar-refractivity contribution in [2.75, 3.05) is 14.2 Å². The zero-order valence-corrected chi connectivity index (χ0v) is 13.5. The van der Waals surface area contributed by atoms with Crippen LogP contribution in [0.5, 0.6) is 11.5 Å². The first-order chi connectivity index (χ1) is 11.0. The van der Waals surface area contributed by atoms with Gasteiger partial charge in [-0.15, -0.1) is 10.2 Å². The van der Waals surface area contributed by atoms with Crippen LogP contribution in [-0.4, -0.2) is 25.9 Å². The molecular weight excluding hydrogens is 316 g/mol. The van der Waals surface area contributed by atoms with Crippen molar-refractivity contribution >= 4 is 23.3 Å². The van der Waals surface area contributed by atoms with E-state index in [1.807, 2.05) is 18.2 Å². The Hall–Kier alpha value is -2.73. The van der Waals surface area contributed by atoms with Crippen molar-refractivity contribution in [1.82, 2.24) is 0 Å². The van der Waals surface area contributed by atoms with Crippen LogP contribution in [0.15, 0.2) is 52.7 Å². The van der Waals surface area contributed by atoms with Gasteiger partial charge in [-0.25, -0.2) is 0 Å². The summed E-state index contributed by atoms with van der Waals surface area (Å²) in [6.45, 7) is 0. The fourth-order valence-corrected chi connectivity index (χ4v) is 2.11. The van der Waals surface area contributed by atoms with Gasteiger partial charge in [0, 0.05) is 16.1 Å². The smallest absolute Gasteiger partial charge is 0.211 e. The second kappa shape index (κ2) is 7.51. The third-order valence-electron chi connectivity index (χ3n) is 3.04. The van der Waals surface area contributed by atoms with Gasteiger partial charge < -0.3 is 20.9 Å². The predicted octanol–water partition coefficient (Wildman–Crippen LogP) is 2.38. The third-order valence-corrected chi connectivity index (χ3v) is 3.29. The molecule has 0 aliphatic heterocycles. The maximum atomic E-state index is 5.93. The number of nitrogens with two attached hydrogens (primary N) is 2. The predicted molar refractivity (Wildman–Crippen MR) is 92.4 cm³/mol. The second-order valence-electron chi connectivity index (χ2n) is 4.55. The number of halogens is 1. The van der Waals surface area contributed by atoms with E-state index >= 15 is 0 Å². The molecular formula is C16H17ClN4O2. The highest BCUT2D eigenvalue weighted by molar-refractivity contribution is 6.30. The van der Waals surface area contributed by atoms with Crippen molar-refractivity contribution in [2.45, 2.75) is 0 Å². The molecule has 0 aliphatic carbocycles. The maximum absolute atomic E-state index is 5.93. The zero-order valence-electron chi connectivity index (χ0n) is 12.8. The number of hydrogen-bond acceptors (Lipinski definition) is 4. The van der Waals surface area contributed by atoms with Crippen LogP contribution in [0.3, 0.4) is 0 Å². The monoisotopic (exact) mass is 332 g/mol. The van der Waals surface area contributed by atoms with Crippen LogP contribution in [0.25, 0.3) is 0 Å². The first kappa shape index (κ1) is 16.6. The topological polar surface area (TPSA) is 95.2 Å². The molecule has 0 saturated carbocycles. The van der Waals surface area contributed by atoms with Gasteiger partial charge in [-0.05, 0) is 30.3 Å². The number of hydrogen-bond donors (Lipinski definition) is 2. The number of methoxy groups -OCH3 is 2. The summed E-state index contributed by atoms with van der Waals surface area (Å²) >= 11 is 5.93. The van der Waals surface area contributed by atoms with Crippen molar-refractivity contribution in [3.05, 3.63) is 58.6 Å². The van der Waals surface area contributed by atoms with Crippen molar-refractivity contribution in [3.63, 3.8) is 0 Å². The van der Waals surface area contributed by atoms with Crippen molar-refractivity contribution in [2.24, 2.45) is 21.7 Å². The molecule has 0 radical (unpaired) electrons. The highest BCUT2D eigenvalue weighted by atomic mass is 35.5. The molecule has 2 aromatic carbocycles. The Balaban J connectivity index is 2.56. The standard InChI is InChI=1S/C16H17ClN4O2/c1-22-13-8-5-11(9-14(13)23-2)15(20-21-16(18)19)10-3-6-12(17)7-4-10/h3-9H,1-2H3,(H4,18,19,21)/b20-15-. The van der Waals surface area contributed by atoms with Crippen LogP contribution in [0, 0.1) is 0 Å². The minimum Gasteiger partial charge on any atom is -0.493 e. The van der Waals surface area contributed by atoms with Gasteiger partial charge in [0.15, 0.2) is 11.5 Å². The molecule has 6 nitrogen and oxygen atoms in total. The third kappa shape index (κ3) is 4.14. The molecule has 4 N–H and O–H groups in total. The van der Waals surface area contributed by atoms with Crippen LogP contribution >= 0.6 is 11.6 Å². The highest BCUT2D eigenvalue weighted by Gasteiger charge is 2.12. The molecule has 0 aliphatic rings. The number of rotatable bonds is 5. The molecule has 0 amide bonds. The number of benzene rings is 2. The Morgan fingerprint density at radius 1 is 0.870 bits per heavy atom. The van der Waals surface area contributed by atoms with Gasteiger partial charge >= 0.3 is 0 Å². The summed E-state index contributed by atoms with van der Waals surface area (Å²) in [5, 5.41) is 8.52. The minimum atomic E-state index is -0.128. The largest absolute Gasteiger partial charge is 0.493 e. The van der Waals surface area contributed by atoms with E-state index in [0.717, 1.165) is 11.1 Å². The molecule has 2 aromatic rings. The second-order valence-corrected chi connectivity index (χ2v) is 4.99. The van der Waals surface area contributed by atoms with Gasteiger partial charge in [0.2, 0.25) is 5.96 Å². The Morgan fingerprint density at radius 2 is 1.48 bits per heavy atom. The van der Waals surface area contributed by atoms with E-state index < -0.39 is 0 Å². The fourth-order valence-electron chi connectivity index (χ4n) is 1.98. The van der Waals surface area contributed by atoms with E-state index in [4.69, 9.17) is 32.5 Å². The Morgan fingerprint density at radius 3 is 2.04 bits per heavy atom. The van der Waals surface area contributed by atoms with Gasteiger partial charge in [-0.3, -0.25) is 0 Å². The summed E-state index contributed by atoms with van der Waals surface area (Å²) in [6, 6.07) is 12.6. The first-order valence-corrected chi connectivity index (χ1v) is 7.08. The Labute approximate surface area is 139 Å². The Kier molecular flexibility index (Phi) is 5.43. The molecule has 0 unspecified atom stereocenters. The molecule has 0 fully saturated rings. The van der Waals surface area contributed by atoms with E-state index in [9.17, 15) is 0 Å². The molecule has 7 heteroatoms. The van der Waals surface area contributed by atoms with Crippen LogP contribution in [-0.2, 0) is 0 Å². The number of nitrogens with zero attached hydrogens (tertiary/aromatic N) is 2. The number of ether oxygens (including phenoxy) is 2. The van der Waals surface area contributed by atoms with E-state index in [1.165, 1.54) is 0 Å². The summed E-state index contributed by atoms with van der Waals surface area (Å²) in [4.78, 5) is 0. The fraction of sp³-hybridized carbons (Fsp3) is 0.125. The van der Waals surface area contributed by atoms with Crippen LogP contribution in [0.4, 0.5) is 0 Å². The molecule has 0 heterocycles. The normalized spacial score (nSPS) is 11.0. The van der Waals surface area contributed by atoms with Crippen LogP contribution in [0.2, 0.25) is 5.02 Å². The van der Waals surface area contributed by atoms with E-state index in [0.29, 0.717) is 22.2 Å². The lowest BCUT2D eigenvalue weighted by atomic mass is 10.0. The average Bonchev–Trinajstić information content (AvgIpc) is 2.56. The van der Waals surface area contributed by atoms with Gasteiger partial charge in [0.05, 0.1) is 14.2 Å². The lowest BCUT2D eigenvalue weighted by molar-refractivity contribution is 0.355. The first-order valence-electron chi connectivity index (χ1n) is 6.70.